The first-order valence-electron chi connectivity index (χ1n) is 11.2. The number of nitrogens with zero attached hydrogens (tertiary/aromatic N) is 5. The van der Waals surface area contributed by atoms with Crippen LogP contribution in [-0.4, -0.2) is 63.5 Å². The summed E-state index contributed by atoms with van der Waals surface area (Å²) in [6, 6.07) is 6.19. The molecule has 1 aromatic carbocycles. The van der Waals surface area contributed by atoms with Gasteiger partial charge in [-0.25, -0.2) is 15.0 Å². The molecule has 2 aromatic heterocycles. The molecule has 1 saturated heterocycles. The van der Waals surface area contributed by atoms with Crippen LogP contribution in [0.2, 0.25) is 0 Å². The van der Waals surface area contributed by atoms with Crippen molar-refractivity contribution in [3.8, 4) is 5.75 Å². The van der Waals surface area contributed by atoms with Gasteiger partial charge in [-0.2, -0.15) is 0 Å². The van der Waals surface area contributed by atoms with Crippen molar-refractivity contribution in [2.75, 3.05) is 36.5 Å². The molecule has 9 heteroatoms. The van der Waals surface area contributed by atoms with Crippen LogP contribution in [-0.2, 0) is 11.3 Å². The summed E-state index contributed by atoms with van der Waals surface area (Å²) in [6.07, 6.45) is 9.02. The van der Waals surface area contributed by atoms with Gasteiger partial charge < -0.3 is 24.8 Å². The molecule has 3 aromatic rings. The summed E-state index contributed by atoms with van der Waals surface area (Å²) in [5.41, 5.74) is 3.38. The molecule has 0 radical (unpaired) electrons. The van der Waals surface area contributed by atoms with Gasteiger partial charge in [0.25, 0.3) is 0 Å². The molecule has 1 aliphatic carbocycles. The molecule has 0 atom stereocenters. The number of hydrogen-bond acceptors (Lipinski definition) is 9. The number of aromatic nitrogens is 4. The molecule has 5 rings (SSSR count). The number of hydrogen-bond donors (Lipinski definition) is 2. The molecule has 9 nitrogen and oxygen atoms in total. The monoisotopic (exact) mass is 436 g/mol. The second kappa shape index (κ2) is 9.62. The number of aliphatic hydroxyl groups excluding tert-OH is 1. The summed E-state index contributed by atoms with van der Waals surface area (Å²) in [7, 11) is 0. The van der Waals surface area contributed by atoms with Crippen LogP contribution in [0.5, 0.6) is 5.75 Å². The molecule has 32 heavy (non-hydrogen) atoms. The Morgan fingerprint density at radius 1 is 1.03 bits per heavy atom. The maximum Gasteiger partial charge on any atom is 0.223 e. The topological polar surface area (TPSA) is 106 Å². The number of anilines is 2. The molecule has 1 aliphatic heterocycles. The quantitative estimate of drug-likeness (QED) is 0.603. The van der Waals surface area contributed by atoms with E-state index < -0.39 is 0 Å². The molecule has 1 saturated carbocycles. The third kappa shape index (κ3) is 4.73. The Morgan fingerprint density at radius 2 is 1.84 bits per heavy atom. The summed E-state index contributed by atoms with van der Waals surface area (Å²) in [5, 5.41) is 12.7. The molecule has 0 amide bonds. The lowest BCUT2D eigenvalue weighted by molar-refractivity contribution is 0.122. The Hall–Kier alpha value is -3.04. The summed E-state index contributed by atoms with van der Waals surface area (Å²) >= 11 is 0. The van der Waals surface area contributed by atoms with Crippen molar-refractivity contribution in [3.05, 3.63) is 42.5 Å². The summed E-state index contributed by atoms with van der Waals surface area (Å²) in [4.78, 5) is 20.0. The molecule has 0 spiro atoms. The Bertz CT molecular complexity index is 1050. The molecular weight excluding hydrogens is 408 g/mol. The van der Waals surface area contributed by atoms with E-state index in [1.807, 2.05) is 0 Å². The van der Waals surface area contributed by atoms with E-state index in [4.69, 9.17) is 9.47 Å². The van der Waals surface area contributed by atoms with Crippen LogP contribution in [0.25, 0.3) is 11.0 Å². The lowest BCUT2D eigenvalue weighted by Crippen LogP contribution is -2.36. The number of ether oxygens (including phenoxy) is 2. The summed E-state index contributed by atoms with van der Waals surface area (Å²) < 4.78 is 12.0. The zero-order valence-electron chi connectivity index (χ0n) is 18.0. The van der Waals surface area contributed by atoms with Gasteiger partial charge in [0, 0.05) is 49.5 Å². The predicted molar refractivity (Wildman–Crippen MR) is 121 cm³/mol. The Labute approximate surface area is 186 Å². The SMILES string of the molecule is OCc1ccnc(N[C@H]2CC[C@@H](Oc3cc(N4CCOCC4)cc4nccnc34)CC2)n1. The zero-order valence-corrected chi connectivity index (χ0v) is 18.0. The van der Waals surface area contributed by atoms with Crippen molar-refractivity contribution in [1.82, 2.24) is 19.9 Å². The molecule has 0 bridgehead atoms. The predicted octanol–water partition coefficient (Wildman–Crippen LogP) is 2.55. The molecule has 168 valence electrons. The fourth-order valence-corrected chi connectivity index (χ4v) is 4.36. The maximum atomic E-state index is 9.27. The number of fused-ring (bicyclic) bond motifs is 1. The Kier molecular flexibility index (Phi) is 6.27. The average Bonchev–Trinajstić information content (AvgIpc) is 2.86. The molecular formula is C23H28N6O3. The van der Waals surface area contributed by atoms with E-state index in [2.05, 4.69) is 42.3 Å². The first kappa shape index (κ1) is 20.8. The average molecular weight is 437 g/mol. The fourth-order valence-electron chi connectivity index (χ4n) is 4.36. The van der Waals surface area contributed by atoms with Gasteiger partial charge in [0.15, 0.2) is 0 Å². The van der Waals surface area contributed by atoms with Gasteiger partial charge >= 0.3 is 0 Å². The van der Waals surface area contributed by atoms with Crippen LogP contribution in [0.1, 0.15) is 31.4 Å². The number of rotatable bonds is 6. The largest absolute Gasteiger partial charge is 0.488 e. The van der Waals surface area contributed by atoms with Gasteiger partial charge in [-0.15, -0.1) is 0 Å². The van der Waals surface area contributed by atoms with Gasteiger partial charge in [0.05, 0.1) is 37.1 Å². The van der Waals surface area contributed by atoms with Crippen LogP contribution in [0.15, 0.2) is 36.8 Å². The van der Waals surface area contributed by atoms with E-state index in [9.17, 15) is 5.11 Å². The lowest BCUT2D eigenvalue weighted by atomic mass is 9.93. The van der Waals surface area contributed by atoms with Crippen molar-refractivity contribution in [2.45, 2.75) is 44.4 Å². The van der Waals surface area contributed by atoms with Gasteiger partial charge in [0.2, 0.25) is 5.95 Å². The van der Waals surface area contributed by atoms with Crippen molar-refractivity contribution in [1.29, 1.82) is 0 Å². The van der Waals surface area contributed by atoms with E-state index >= 15 is 0 Å². The number of aliphatic hydroxyl groups is 1. The highest BCUT2D eigenvalue weighted by atomic mass is 16.5. The molecule has 3 heterocycles. The smallest absolute Gasteiger partial charge is 0.223 e. The van der Waals surface area contributed by atoms with Gasteiger partial charge in [0.1, 0.15) is 11.3 Å². The molecule has 2 aliphatic rings. The zero-order chi connectivity index (χ0) is 21.8. The number of morpholine rings is 1. The van der Waals surface area contributed by atoms with Crippen LogP contribution >= 0.6 is 0 Å². The third-order valence-electron chi connectivity index (χ3n) is 6.08. The van der Waals surface area contributed by atoms with Crippen molar-refractivity contribution >= 4 is 22.7 Å². The van der Waals surface area contributed by atoms with Crippen LogP contribution in [0, 0.1) is 0 Å². The minimum absolute atomic E-state index is 0.0852. The van der Waals surface area contributed by atoms with E-state index in [-0.39, 0.29) is 12.7 Å². The van der Waals surface area contributed by atoms with Gasteiger partial charge in [-0.3, -0.25) is 4.98 Å². The molecule has 0 unspecified atom stereocenters. The standard InChI is InChI=1S/C23H28N6O3/c30-15-17-5-6-26-23(28-17)27-16-1-3-19(4-2-16)32-21-14-18(29-9-11-31-12-10-29)13-20-22(21)25-8-7-24-20/h5-8,13-14,16,19,30H,1-4,9-12,15H2,(H,26,27,28)/t16-,19+. The minimum Gasteiger partial charge on any atom is -0.488 e. The molecule has 2 fully saturated rings. The maximum absolute atomic E-state index is 9.27. The van der Waals surface area contributed by atoms with Crippen molar-refractivity contribution < 1.29 is 14.6 Å². The highest BCUT2D eigenvalue weighted by molar-refractivity contribution is 5.85. The van der Waals surface area contributed by atoms with E-state index in [0.29, 0.717) is 17.7 Å². The van der Waals surface area contributed by atoms with Crippen LogP contribution in [0.4, 0.5) is 11.6 Å². The normalized spacial score (nSPS) is 21.5. The first-order chi connectivity index (χ1) is 15.8. The van der Waals surface area contributed by atoms with Gasteiger partial charge in [-0.1, -0.05) is 0 Å². The minimum atomic E-state index is -0.0852. The number of benzene rings is 1. The van der Waals surface area contributed by atoms with Crippen molar-refractivity contribution in [3.63, 3.8) is 0 Å². The van der Waals surface area contributed by atoms with E-state index in [0.717, 1.165) is 74.5 Å². The lowest BCUT2D eigenvalue weighted by Gasteiger charge is -2.31. The second-order valence-corrected chi connectivity index (χ2v) is 8.23. The fraction of sp³-hybridized carbons (Fsp3) is 0.478. The second-order valence-electron chi connectivity index (χ2n) is 8.23. The van der Waals surface area contributed by atoms with Crippen molar-refractivity contribution in [2.24, 2.45) is 0 Å². The number of nitrogens with one attached hydrogen (secondary N) is 1. The highest BCUT2D eigenvalue weighted by Gasteiger charge is 2.24. The Balaban J connectivity index is 1.26. The highest BCUT2D eigenvalue weighted by Crippen LogP contribution is 2.33. The first-order valence-corrected chi connectivity index (χ1v) is 11.2. The summed E-state index contributed by atoms with van der Waals surface area (Å²) in [5.74, 6) is 1.37. The van der Waals surface area contributed by atoms with Crippen LogP contribution in [0.3, 0.4) is 0 Å². The third-order valence-corrected chi connectivity index (χ3v) is 6.08. The molecule has 2 N–H and O–H groups in total. The van der Waals surface area contributed by atoms with E-state index in [1.165, 1.54) is 0 Å². The van der Waals surface area contributed by atoms with Gasteiger partial charge in [-0.05, 0) is 37.8 Å². The van der Waals surface area contributed by atoms with E-state index in [1.54, 1.807) is 24.7 Å². The summed E-state index contributed by atoms with van der Waals surface area (Å²) in [6.45, 7) is 3.11. The Morgan fingerprint density at radius 3 is 2.66 bits per heavy atom. The van der Waals surface area contributed by atoms with Crippen LogP contribution < -0.4 is 15.0 Å².